The molecule has 1 aliphatic carbocycles. The SMILES string of the molecule is CCNC(c1cccc2ncccc12)C1CCCC1C. The molecule has 1 heterocycles. The number of aromatic nitrogens is 1. The van der Waals surface area contributed by atoms with Gasteiger partial charge in [0.1, 0.15) is 0 Å². The van der Waals surface area contributed by atoms with Crippen LogP contribution in [0.1, 0.15) is 44.7 Å². The highest BCUT2D eigenvalue weighted by molar-refractivity contribution is 5.82. The van der Waals surface area contributed by atoms with Gasteiger partial charge in [-0.25, -0.2) is 0 Å². The summed E-state index contributed by atoms with van der Waals surface area (Å²) in [5.41, 5.74) is 2.54. The lowest BCUT2D eigenvalue weighted by atomic mass is 9.84. The Balaban J connectivity index is 2.05. The molecule has 106 valence electrons. The molecule has 1 aromatic carbocycles. The average Bonchev–Trinajstić information content (AvgIpc) is 2.90. The smallest absolute Gasteiger partial charge is 0.0705 e. The Morgan fingerprint density at radius 1 is 1.25 bits per heavy atom. The topological polar surface area (TPSA) is 24.9 Å². The lowest BCUT2D eigenvalue weighted by molar-refractivity contribution is 0.307. The number of nitrogens with zero attached hydrogens (tertiary/aromatic N) is 1. The minimum absolute atomic E-state index is 0.463. The maximum Gasteiger partial charge on any atom is 0.0705 e. The molecular formula is C18H24N2. The molecule has 2 aromatic rings. The molecule has 0 spiro atoms. The number of rotatable bonds is 4. The third-order valence-electron chi connectivity index (χ3n) is 4.79. The molecule has 3 unspecified atom stereocenters. The minimum Gasteiger partial charge on any atom is -0.310 e. The van der Waals surface area contributed by atoms with E-state index in [1.807, 2.05) is 12.3 Å². The second-order valence-electron chi connectivity index (χ2n) is 6.02. The van der Waals surface area contributed by atoms with Crippen molar-refractivity contribution in [1.29, 1.82) is 0 Å². The van der Waals surface area contributed by atoms with Crippen LogP contribution in [0.4, 0.5) is 0 Å². The Kier molecular flexibility index (Phi) is 4.02. The third kappa shape index (κ3) is 2.45. The van der Waals surface area contributed by atoms with Gasteiger partial charge in [0.05, 0.1) is 5.52 Å². The number of fused-ring (bicyclic) bond motifs is 1. The highest BCUT2D eigenvalue weighted by Crippen LogP contribution is 2.41. The van der Waals surface area contributed by atoms with Crippen LogP contribution in [0.2, 0.25) is 0 Å². The Labute approximate surface area is 121 Å². The Bertz CT molecular complexity index is 573. The third-order valence-corrected chi connectivity index (χ3v) is 4.79. The van der Waals surface area contributed by atoms with E-state index < -0.39 is 0 Å². The molecule has 1 aliphatic rings. The summed E-state index contributed by atoms with van der Waals surface area (Å²) in [6.45, 7) is 5.63. The van der Waals surface area contributed by atoms with Gasteiger partial charge in [-0.15, -0.1) is 0 Å². The summed E-state index contributed by atoms with van der Waals surface area (Å²) in [4.78, 5) is 4.50. The van der Waals surface area contributed by atoms with Crippen LogP contribution in [0.25, 0.3) is 10.9 Å². The zero-order valence-electron chi connectivity index (χ0n) is 12.5. The van der Waals surface area contributed by atoms with E-state index in [1.165, 1.54) is 30.2 Å². The van der Waals surface area contributed by atoms with Crippen LogP contribution in [0.5, 0.6) is 0 Å². The zero-order chi connectivity index (χ0) is 13.9. The monoisotopic (exact) mass is 268 g/mol. The molecule has 3 rings (SSSR count). The van der Waals surface area contributed by atoms with Crippen molar-refractivity contribution in [3.05, 3.63) is 42.1 Å². The molecule has 0 amide bonds. The summed E-state index contributed by atoms with van der Waals surface area (Å²) < 4.78 is 0. The molecule has 1 saturated carbocycles. The normalized spacial score (nSPS) is 24.1. The molecule has 3 atom stereocenters. The summed E-state index contributed by atoms with van der Waals surface area (Å²) >= 11 is 0. The average molecular weight is 268 g/mol. The van der Waals surface area contributed by atoms with Crippen molar-refractivity contribution >= 4 is 10.9 Å². The van der Waals surface area contributed by atoms with Gasteiger partial charge < -0.3 is 5.32 Å². The van der Waals surface area contributed by atoms with Gasteiger partial charge in [0, 0.05) is 17.6 Å². The van der Waals surface area contributed by atoms with Crippen molar-refractivity contribution in [2.24, 2.45) is 11.8 Å². The fourth-order valence-electron chi connectivity index (χ4n) is 3.78. The van der Waals surface area contributed by atoms with E-state index in [-0.39, 0.29) is 0 Å². The largest absolute Gasteiger partial charge is 0.310 e. The standard InChI is InChI=1S/C18H24N2/c1-3-19-18(14-8-4-7-13(14)2)16-9-5-11-17-15(16)10-6-12-20-17/h5-6,9-14,18-19H,3-4,7-8H2,1-2H3. The van der Waals surface area contributed by atoms with Crippen molar-refractivity contribution in [2.75, 3.05) is 6.54 Å². The van der Waals surface area contributed by atoms with Gasteiger partial charge in [0.15, 0.2) is 0 Å². The first kappa shape index (κ1) is 13.6. The van der Waals surface area contributed by atoms with Gasteiger partial charge in [-0.2, -0.15) is 0 Å². The lowest BCUT2D eigenvalue weighted by Gasteiger charge is -2.29. The highest BCUT2D eigenvalue weighted by Gasteiger charge is 2.32. The molecule has 1 aromatic heterocycles. The van der Waals surface area contributed by atoms with Gasteiger partial charge in [-0.05, 0) is 42.5 Å². The summed E-state index contributed by atoms with van der Waals surface area (Å²) in [5, 5.41) is 5.04. The van der Waals surface area contributed by atoms with Crippen LogP contribution in [-0.2, 0) is 0 Å². The molecule has 0 saturated heterocycles. The van der Waals surface area contributed by atoms with Gasteiger partial charge in [0.25, 0.3) is 0 Å². The number of hydrogen-bond donors (Lipinski definition) is 1. The van der Waals surface area contributed by atoms with E-state index in [4.69, 9.17) is 0 Å². The quantitative estimate of drug-likeness (QED) is 0.893. The molecule has 2 nitrogen and oxygen atoms in total. The Morgan fingerprint density at radius 2 is 2.15 bits per heavy atom. The van der Waals surface area contributed by atoms with Crippen LogP contribution in [-0.4, -0.2) is 11.5 Å². The first-order valence-electron chi connectivity index (χ1n) is 7.88. The molecule has 1 fully saturated rings. The highest BCUT2D eigenvalue weighted by atomic mass is 14.9. The molecule has 2 heteroatoms. The Morgan fingerprint density at radius 3 is 2.90 bits per heavy atom. The fraction of sp³-hybridized carbons (Fsp3) is 0.500. The second kappa shape index (κ2) is 5.92. The minimum atomic E-state index is 0.463. The summed E-state index contributed by atoms with van der Waals surface area (Å²) in [6, 6.07) is 11.3. The molecule has 0 bridgehead atoms. The first-order valence-corrected chi connectivity index (χ1v) is 7.88. The fourth-order valence-corrected chi connectivity index (χ4v) is 3.78. The van der Waals surface area contributed by atoms with Gasteiger partial charge in [0.2, 0.25) is 0 Å². The van der Waals surface area contributed by atoms with Crippen molar-refractivity contribution in [3.63, 3.8) is 0 Å². The van der Waals surface area contributed by atoms with Crippen LogP contribution < -0.4 is 5.32 Å². The first-order chi connectivity index (χ1) is 9.81. The van der Waals surface area contributed by atoms with Crippen molar-refractivity contribution < 1.29 is 0 Å². The maximum absolute atomic E-state index is 4.50. The van der Waals surface area contributed by atoms with Gasteiger partial charge >= 0.3 is 0 Å². The van der Waals surface area contributed by atoms with E-state index in [1.54, 1.807) is 0 Å². The summed E-state index contributed by atoms with van der Waals surface area (Å²) in [7, 11) is 0. The molecule has 1 N–H and O–H groups in total. The maximum atomic E-state index is 4.50. The number of benzene rings is 1. The zero-order valence-corrected chi connectivity index (χ0v) is 12.5. The summed E-state index contributed by atoms with van der Waals surface area (Å²) in [6.07, 6.45) is 5.97. The van der Waals surface area contributed by atoms with Crippen LogP contribution in [0, 0.1) is 11.8 Å². The Hall–Kier alpha value is -1.41. The van der Waals surface area contributed by atoms with Crippen molar-refractivity contribution in [1.82, 2.24) is 10.3 Å². The van der Waals surface area contributed by atoms with Crippen molar-refractivity contribution in [2.45, 2.75) is 39.2 Å². The number of pyridine rings is 1. The van der Waals surface area contributed by atoms with Crippen molar-refractivity contribution in [3.8, 4) is 0 Å². The van der Waals surface area contributed by atoms with Crippen LogP contribution in [0.15, 0.2) is 36.5 Å². The van der Waals surface area contributed by atoms with E-state index in [2.05, 4.69) is 48.4 Å². The molecule has 0 radical (unpaired) electrons. The van der Waals surface area contributed by atoms with E-state index in [9.17, 15) is 0 Å². The van der Waals surface area contributed by atoms with E-state index in [0.717, 1.165) is 23.9 Å². The number of hydrogen-bond acceptors (Lipinski definition) is 2. The van der Waals surface area contributed by atoms with E-state index >= 15 is 0 Å². The van der Waals surface area contributed by atoms with Gasteiger partial charge in [-0.3, -0.25) is 4.98 Å². The van der Waals surface area contributed by atoms with Crippen LogP contribution in [0.3, 0.4) is 0 Å². The lowest BCUT2D eigenvalue weighted by Crippen LogP contribution is -2.29. The molecular weight excluding hydrogens is 244 g/mol. The number of nitrogens with one attached hydrogen (secondary N) is 1. The predicted octanol–water partition coefficient (Wildman–Crippen LogP) is 4.32. The van der Waals surface area contributed by atoms with E-state index in [0.29, 0.717) is 6.04 Å². The second-order valence-corrected chi connectivity index (χ2v) is 6.02. The van der Waals surface area contributed by atoms with Gasteiger partial charge in [-0.1, -0.05) is 44.9 Å². The summed E-state index contributed by atoms with van der Waals surface area (Å²) in [5.74, 6) is 1.56. The van der Waals surface area contributed by atoms with Crippen LogP contribution >= 0.6 is 0 Å². The predicted molar refractivity (Wildman–Crippen MR) is 84.7 cm³/mol. The molecule has 20 heavy (non-hydrogen) atoms. The molecule has 0 aliphatic heterocycles.